The normalized spacial score (nSPS) is 18.6. The number of hydrogen-bond acceptors (Lipinski definition) is 2. The molecule has 1 heterocycles. The Morgan fingerprint density at radius 1 is 1.41 bits per heavy atom. The van der Waals surface area contributed by atoms with Gasteiger partial charge in [0.05, 0.1) is 6.61 Å². The molecule has 2 nitrogen and oxygen atoms in total. The fourth-order valence-electron chi connectivity index (χ4n) is 2.28. The van der Waals surface area contributed by atoms with E-state index in [0.29, 0.717) is 24.7 Å². The van der Waals surface area contributed by atoms with Gasteiger partial charge < -0.3 is 4.74 Å². The van der Waals surface area contributed by atoms with Gasteiger partial charge in [-0.1, -0.05) is 32.0 Å². The van der Waals surface area contributed by atoms with Crippen LogP contribution in [0.25, 0.3) is 0 Å². The van der Waals surface area contributed by atoms with Crippen molar-refractivity contribution in [3.63, 3.8) is 0 Å². The lowest BCUT2D eigenvalue weighted by molar-refractivity contribution is -0.121. The van der Waals surface area contributed by atoms with Crippen molar-refractivity contribution < 1.29 is 9.53 Å². The van der Waals surface area contributed by atoms with Gasteiger partial charge in [0.25, 0.3) is 0 Å². The van der Waals surface area contributed by atoms with E-state index in [9.17, 15) is 4.79 Å². The van der Waals surface area contributed by atoms with E-state index in [1.54, 1.807) is 0 Å². The predicted octanol–water partition coefficient (Wildman–Crippen LogP) is 3.56. The summed E-state index contributed by atoms with van der Waals surface area (Å²) in [6, 6.07) is 7.92. The number of carbonyl (C=O) groups excluding carboxylic acids is 1. The number of Topliss-reactive ketones (excluding diaryl/α,β-unsaturated/α-hetero) is 1. The summed E-state index contributed by atoms with van der Waals surface area (Å²) in [5.74, 6) is 1.91. The lowest BCUT2D eigenvalue weighted by Gasteiger charge is -2.25. The number of benzene rings is 1. The predicted molar refractivity (Wildman–Crippen MR) is 68.4 cm³/mol. The van der Waals surface area contributed by atoms with E-state index in [4.69, 9.17) is 4.74 Å². The molecule has 0 aliphatic carbocycles. The number of rotatable bonds is 4. The van der Waals surface area contributed by atoms with Crippen LogP contribution in [-0.4, -0.2) is 12.4 Å². The van der Waals surface area contributed by atoms with E-state index in [-0.39, 0.29) is 5.92 Å². The van der Waals surface area contributed by atoms with Gasteiger partial charge in [-0.05, 0) is 24.8 Å². The number of fused-ring (bicyclic) bond motifs is 1. The molecule has 0 N–H and O–H groups in total. The topological polar surface area (TPSA) is 26.3 Å². The SMILES string of the molecule is CC(C)CCC(=O)C1CCOc2ccccc21. The first kappa shape index (κ1) is 12.2. The lowest BCUT2D eigenvalue weighted by atomic mass is 9.86. The molecule has 0 bridgehead atoms. The molecule has 2 heteroatoms. The summed E-state index contributed by atoms with van der Waals surface area (Å²) in [6.45, 7) is 4.98. The van der Waals surface area contributed by atoms with E-state index in [2.05, 4.69) is 13.8 Å². The molecule has 0 aromatic heterocycles. The first-order valence-electron chi connectivity index (χ1n) is 6.43. The van der Waals surface area contributed by atoms with Crippen LogP contribution in [0.15, 0.2) is 24.3 Å². The van der Waals surface area contributed by atoms with Crippen molar-refractivity contribution in [3.8, 4) is 5.75 Å². The number of carbonyl (C=O) groups is 1. The Kier molecular flexibility index (Phi) is 3.82. The molecule has 0 radical (unpaired) electrons. The minimum Gasteiger partial charge on any atom is -0.493 e. The molecule has 0 amide bonds. The fraction of sp³-hybridized carbons (Fsp3) is 0.533. The highest BCUT2D eigenvalue weighted by atomic mass is 16.5. The lowest BCUT2D eigenvalue weighted by Crippen LogP contribution is -2.21. The van der Waals surface area contributed by atoms with Crippen LogP contribution in [0.2, 0.25) is 0 Å². The van der Waals surface area contributed by atoms with Crippen molar-refractivity contribution in [1.82, 2.24) is 0 Å². The first-order chi connectivity index (χ1) is 8.18. The maximum atomic E-state index is 12.2. The zero-order valence-corrected chi connectivity index (χ0v) is 10.6. The van der Waals surface area contributed by atoms with Crippen LogP contribution in [0.5, 0.6) is 5.75 Å². The third-order valence-electron chi connectivity index (χ3n) is 3.32. The van der Waals surface area contributed by atoms with Crippen LogP contribution in [0, 0.1) is 5.92 Å². The summed E-state index contributed by atoms with van der Waals surface area (Å²) in [5, 5.41) is 0. The minimum absolute atomic E-state index is 0.0544. The van der Waals surface area contributed by atoms with E-state index >= 15 is 0 Å². The molecular weight excluding hydrogens is 212 g/mol. The zero-order chi connectivity index (χ0) is 12.3. The monoisotopic (exact) mass is 232 g/mol. The van der Waals surface area contributed by atoms with E-state index in [1.165, 1.54) is 0 Å². The Labute approximate surface area is 103 Å². The molecule has 1 aromatic carbocycles. The van der Waals surface area contributed by atoms with Gasteiger partial charge in [-0.2, -0.15) is 0 Å². The van der Waals surface area contributed by atoms with Crippen LogP contribution in [0.3, 0.4) is 0 Å². The van der Waals surface area contributed by atoms with Crippen molar-refractivity contribution in [3.05, 3.63) is 29.8 Å². The van der Waals surface area contributed by atoms with Crippen LogP contribution < -0.4 is 4.74 Å². The van der Waals surface area contributed by atoms with Gasteiger partial charge in [-0.15, -0.1) is 0 Å². The second kappa shape index (κ2) is 5.35. The van der Waals surface area contributed by atoms with Gasteiger partial charge in [0.2, 0.25) is 0 Å². The number of para-hydroxylation sites is 1. The number of ether oxygens (including phenoxy) is 1. The molecule has 0 fully saturated rings. The smallest absolute Gasteiger partial charge is 0.140 e. The molecular formula is C15H20O2. The van der Waals surface area contributed by atoms with Crippen molar-refractivity contribution in [2.75, 3.05) is 6.61 Å². The van der Waals surface area contributed by atoms with Gasteiger partial charge in [-0.25, -0.2) is 0 Å². The second-order valence-electron chi connectivity index (χ2n) is 5.13. The molecule has 17 heavy (non-hydrogen) atoms. The molecule has 1 aliphatic rings. The summed E-state index contributed by atoms with van der Waals surface area (Å²) >= 11 is 0. The zero-order valence-electron chi connectivity index (χ0n) is 10.6. The molecule has 1 aromatic rings. The van der Waals surface area contributed by atoms with Gasteiger partial charge in [0.1, 0.15) is 11.5 Å². The van der Waals surface area contributed by atoms with Crippen molar-refractivity contribution in [2.45, 2.75) is 39.0 Å². The summed E-state index contributed by atoms with van der Waals surface area (Å²) in [7, 11) is 0. The highest BCUT2D eigenvalue weighted by Crippen LogP contribution is 2.34. The van der Waals surface area contributed by atoms with Crippen molar-refractivity contribution >= 4 is 5.78 Å². The number of hydrogen-bond donors (Lipinski definition) is 0. The Balaban J connectivity index is 2.10. The van der Waals surface area contributed by atoms with Crippen LogP contribution in [0.1, 0.15) is 44.6 Å². The van der Waals surface area contributed by atoms with Crippen LogP contribution >= 0.6 is 0 Å². The standard InChI is InChI=1S/C15H20O2/c1-11(2)7-8-14(16)12-9-10-17-15-6-4-3-5-13(12)15/h3-6,11-12H,7-10H2,1-2H3. The maximum absolute atomic E-state index is 12.2. The van der Waals surface area contributed by atoms with E-state index in [0.717, 1.165) is 24.2 Å². The van der Waals surface area contributed by atoms with Crippen molar-refractivity contribution in [1.29, 1.82) is 0 Å². The molecule has 1 unspecified atom stereocenters. The van der Waals surface area contributed by atoms with Crippen LogP contribution in [0.4, 0.5) is 0 Å². The Bertz CT molecular complexity index is 396. The van der Waals surface area contributed by atoms with Gasteiger partial charge in [-0.3, -0.25) is 4.79 Å². The largest absolute Gasteiger partial charge is 0.493 e. The summed E-state index contributed by atoms with van der Waals surface area (Å²) in [5.41, 5.74) is 1.08. The molecule has 0 saturated carbocycles. The molecule has 2 rings (SSSR count). The average molecular weight is 232 g/mol. The fourth-order valence-corrected chi connectivity index (χ4v) is 2.28. The van der Waals surface area contributed by atoms with Crippen molar-refractivity contribution in [2.24, 2.45) is 5.92 Å². The highest BCUT2D eigenvalue weighted by molar-refractivity contribution is 5.86. The molecule has 92 valence electrons. The molecule has 1 aliphatic heterocycles. The summed E-state index contributed by atoms with van der Waals surface area (Å²) < 4.78 is 5.58. The maximum Gasteiger partial charge on any atom is 0.140 e. The van der Waals surface area contributed by atoms with Crippen LogP contribution in [-0.2, 0) is 4.79 Å². The second-order valence-corrected chi connectivity index (χ2v) is 5.13. The molecule has 0 spiro atoms. The Morgan fingerprint density at radius 3 is 2.94 bits per heavy atom. The highest BCUT2D eigenvalue weighted by Gasteiger charge is 2.26. The van der Waals surface area contributed by atoms with E-state index < -0.39 is 0 Å². The first-order valence-corrected chi connectivity index (χ1v) is 6.43. The van der Waals surface area contributed by atoms with Gasteiger partial charge in [0, 0.05) is 17.9 Å². The third-order valence-corrected chi connectivity index (χ3v) is 3.32. The molecule has 0 saturated heterocycles. The summed E-state index contributed by atoms with van der Waals surface area (Å²) in [6.07, 6.45) is 2.50. The quantitative estimate of drug-likeness (QED) is 0.793. The Hall–Kier alpha value is -1.31. The summed E-state index contributed by atoms with van der Waals surface area (Å²) in [4.78, 5) is 12.2. The van der Waals surface area contributed by atoms with E-state index in [1.807, 2.05) is 24.3 Å². The van der Waals surface area contributed by atoms with Gasteiger partial charge in [0.15, 0.2) is 0 Å². The Morgan fingerprint density at radius 2 is 2.18 bits per heavy atom. The third kappa shape index (κ3) is 2.87. The minimum atomic E-state index is 0.0544. The van der Waals surface area contributed by atoms with Gasteiger partial charge >= 0.3 is 0 Å². The number of ketones is 1. The average Bonchev–Trinajstić information content (AvgIpc) is 2.35. The molecule has 1 atom stereocenters.